The summed E-state index contributed by atoms with van der Waals surface area (Å²) in [4.78, 5) is 22.4. The standard InChI is InChI=1S/C19H15NO3/c20-17-16(18(21)19(17)22)10-9-13-7-4-8-15(11-13)23-12-14-5-2-1-3-6-14/h1-11H,12,20H2. The van der Waals surface area contributed by atoms with Crippen molar-refractivity contribution in [2.45, 2.75) is 6.61 Å². The molecule has 3 rings (SSSR count). The molecule has 0 aliphatic heterocycles. The summed E-state index contributed by atoms with van der Waals surface area (Å²) in [7, 11) is 0. The van der Waals surface area contributed by atoms with Crippen LogP contribution in [0.5, 0.6) is 5.75 Å². The van der Waals surface area contributed by atoms with E-state index in [4.69, 9.17) is 10.5 Å². The molecule has 2 N–H and O–H groups in total. The van der Waals surface area contributed by atoms with Crippen molar-refractivity contribution in [2.75, 3.05) is 5.73 Å². The summed E-state index contributed by atoms with van der Waals surface area (Å²) in [6.07, 6.45) is 3.30. The molecule has 0 fully saturated rings. The van der Waals surface area contributed by atoms with Crippen molar-refractivity contribution < 1.29 is 4.74 Å². The number of ether oxygens (including phenoxy) is 1. The van der Waals surface area contributed by atoms with E-state index in [-0.39, 0.29) is 11.3 Å². The molecule has 0 bridgehead atoms. The quantitative estimate of drug-likeness (QED) is 0.736. The first-order valence-corrected chi connectivity index (χ1v) is 7.19. The van der Waals surface area contributed by atoms with Crippen molar-refractivity contribution in [1.82, 2.24) is 0 Å². The molecule has 0 heterocycles. The summed E-state index contributed by atoms with van der Waals surface area (Å²) in [5, 5.41) is 0. The molecule has 114 valence electrons. The maximum absolute atomic E-state index is 11.4. The predicted octanol–water partition coefficient (Wildman–Crippen LogP) is 2.61. The van der Waals surface area contributed by atoms with Gasteiger partial charge in [-0.2, -0.15) is 0 Å². The molecule has 0 radical (unpaired) electrons. The Balaban J connectivity index is 1.70. The van der Waals surface area contributed by atoms with Gasteiger partial charge in [0.1, 0.15) is 12.4 Å². The number of hydrogen-bond donors (Lipinski definition) is 1. The SMILES string of the molecule is Nc1c(C=Cc2cccc(OCc3ccccc3)c2)c(=O)c1=O. The average Bonchev–Trinajstić information content (AvgIpc) is 2.61. The monoisotopic (exact) mass is 305 g/mol. The topological polar surface area (TPSA) is 69.4 Å². The summed E-state index contributed by atoms with van der Waals surface area (Å²) in [6, 6.07) is 17.4. The molecule has 4 heteroatoms. The second kappa shape index (κ2) is 6.32. The zero-order valence-electron chi connectivity index (χ0n) is 12.4. The lowest BCUT2D eigenvalue weighted by Gasteiger charge is -2.07. The van der Waals surface area contributed by atoms with Gasteiger partial charge in [-0.25, -0.2) is 0 Å². The second-order valence-corrected chi connectivity index (χ2v) is 5.17. The van der Waals surface area contributed by atoms with Crippen molar-refractivity contribution in [3.63, 3.8) is 0 Å². The van der Waals surface area contributed by atoms with Crippen molar-refractivity contribution >= 4 is 17.8 Å². The Hall–Kier alpha value is -3.14. The zero-order valence-corrected chi connectivity index (χ0v) is 12.4. The number of hydrogen-bond acceptors (Lipinski definition) is 4. The summed E-state index contributed by atoms with van der Waals surface area (Å²) in [6.45, 7) is 0.485. The van der Waals surface area contributed by atoms with Gasteiger partial charge in [-0.3, -0.25) is 9.59 Å². The van der Waals surface area contributed by atoms with Gasteiger partial charge in [-0.15, -0.1) is 0 Å². The molecule has 0 amide bonds. The van der Waals surface area contributed by atoms with Gasteiger partial charge in [-0.1, -0.05) is 48.5 Å². The molecule has 0 saturated heterocycles. The molecule has 3 aromatic rings. The van der Waals surface area contributed by atoms with E-state index in [9.17, 15) is 9.59 Å². The van der Waals surface area contributed by atoms with Crippen LogP contribution >= 0.6 is 0 Å². The molecular formula is C19H15NO3. The molecular weight excluding hydrogens is 290 g/mol. The third kappa shape index (κ3) is 3.21. The van der Waals surface area contributed by atoms with E-state index in [0.717, 1.165) is 16.9 Å². The minimum atomic E-state index is -0.607. The Labute approximate surface area is 133 Å². The Morgan fingerprint density at radius 1 is 0.913 bits per heavy atom. The summed E-state index contributed by atoms with van der Waals surface area (Å²) >= 11 is 0. The van der Waals surface area contributed by atoms with Crippen LogP contribution in [0.15, 0.2) is 64.2 Å². The number of nitrogen functional groups attached to an aromatic ring is 1. The fourth-order valence-electron chi connectivity index (χ4n) is 2.22. The van der Waals surface area contributed by atoms with Crippen LogP contribution in [-0.2, 0) is 6.61 Å². The molecule has 4 nitrogen and oxygen atoms in total. The Morgan fingerprint density at radius 2 is 1.70 bits per heavy atom. The van der Waals surface area contributed by atoms with Crippen molar-refractivity contribution in [3.05, 3.63) is 91.7 Å². The number of anilines is 1. The van der Waals surface area contributed by atoms with Crippen molar-refractivity contribution in [3.8, 4) is 5.75 Å². The van der Waals surface area contributed by atoms with Gasteiger partial charge >= 0.3 is 0 Å². The fraction of sp³-hybridized carbons (Fsp3) is 0.0526. The first-order chi connectivity index (χ1) is 11.1. The smallest absolute Gasteiger partial charge is 0.249 e. The van der Waals surface area contributed by atoms with E-state index in [1.54, 1.807) is 12.2 Å². The highest BCUT2D eigenvalue weighted by molar-refractivity contribution is 5.78. The van der Waals surface area contributed by atoms with Gasteiger partial charge < -0.3 is 10.5 Å². The summed E-state index contributed by atoms with van der Waals surface area (Å²) < 4.78 is 5.75. The first-order valence-electron chi connectivity index (χ1n) is 7.19. The fourth-order valence-corrected chi connectivity index (χ4v) is 2.22. The molecule has 3 aromatic carbocycles. The van der Waals surface area contributed by atoms with Crippen molar-refractivity contribution in [1.29, 1.82) is 0 Å². The number of nitrogens with two attached hydrogens (primary N) is 1. The van der Waals surface area contributed by atoms with Crippen LogP contribution in [0, 0.1) is 0 Å². The third-order valence-electron chi connectivity index (χ3n) is 3.53. The van der Waals surface area contributed by atoms with Gasteiger partial charge in [-0.05, 0) is 29.3 Å². The lowest BCUT2D eigenvalue weighted by molar-refractivity contribution is 0.306. The molecule has 0 atom stereocenters. The average molecular weight is 305 g/mol. The lowest BCUT2D eigenvalue weighted by atomic mass is 10.1. The Bertz CT molecular complexity index is 919. The van der Waals surface area contributed by atoms with Crippen LogP contribution < -0.4 is 21.3 Å². The Morgan fingerprint density at radius 3 is 2.43 bits per heavy atom. The van der Waals surface area contributed by atoms with E-state index in [0.29, 0.717) is 6.61 Å². The van der Waals surface area contributed by atoms with Crippen LogP contribution in [0.25, 0.3) is 12.2 Å². The van der Waals surface area contributed by atoms with Gasteiger partial charge in [0.05, 0.1) is 11.3 Å². The van der Waals surface area contributed by atoms with Crippen LogP contribution in [-0.4, -0.2) is 0 Å². The molecule has 0 spiro atoms. The van der Waals surface area contributed by atoms with Crippen LogP contribution in [0.4, 0.5) is 5.69 Å². The summed E-state index contributed by atoms with van der Waals surface area (Å²) in [5.41, 5.74) is 6.61. The molecule has 23 heavy (non-hydrogen) atoms. The van der Waals surface area contributed by atoms with Gasteiger partial charge in [0.25, 0.3) is 0 Å². The van der Waals surface area contributed by atoms with E-state index in [1.807, 2.05) is 54.6 Å². The van der Waals surface area contributed by atoms with Crippen LogP contribution in [0.2, 0.25) is 0 Å². The zero-order chi connectivity index (χ0) is 16.2. The molecule has 0 saturated carbocycles. The highest BCUT2D eigenvalue weighted by Crippen LogP contribution is 2.17. The number of rotatable bonds is 5. The molecule has 0 unspecified atom stereocenters. The van der Waals surface area contributed by atoms with E-state index in [1.165, 1.54) is 0 Å². The van der Waals surface area contributed by atoms with E-state index in [2.05, 4.69) is 0 Å². The minimum Gasteiger partial charge on any atom is -0.489 e. The normalized spacial score (nSPS) is 11.1. The van der Waals surface area contributed by atoms with Crippen LogP contribution in [0.1, 0.15) is 16.7 Å². The van der Waals surface area contributed by atoms with Gasteiger partial charge in [0.2, 0.25) is 10.9 Å². The lowest BCUT2D eigenvalue weighted by Crippen LogP contribution is -2.36. The first kappa shape index (κ1) is 14.8. The maximum Gasteiger partial charge on any atom is 0.249 e. The predicted molar refractivity (Wildman–Crippen MR) is 91.9 cm³/mol. The third-order valence-corrected chi connectivity index (χ3v) is 3.53. The maximum atomic E-state index is 11.4. The second-order valence-electron chi connectivity index (χ2n) is 5.17. The number of benzene rings is 2. The van der Waals surface area contributed by atoms with Gasteiger partial charge in [0, 0.05) is 0 Å². The van der Waals surface area contributed by atoms with E-state index >= 15 is 0 Å². The molecule has 0 aliphatic carbocycles. The summed E-state index contributed by atoms with van der Waals surface area (Å²) in [5.74, 6) is 0.731. The molecule has 0 aromatic heterocycles. The largest absolute Gasteiger partial charge is 0.489 e. The highest BCUT2D eigenvalue weighted by Gasteiger charge is 2.14. The van der Waals surface area contributed by atoms with E-state index < -0.39 is 10.9 Å². The Kier molecular flexibility index (Phi) is 4.06. The molecule has 0 aliphatic rings. The van der Waals surface area contributed by atoms with Crippen molar-refractivity contribution in [2.24, 2.45) is 0 Å². The van der Waals surface area contributed by atoms with Crippen LogP contribution in [0.3, 0.4) is 0 Å². The minimum absolute atomic E-state index is 0.0303. The highest BCUT2D eigenvalue weighted by atomic mass is 16.5. The van der Waals surface area contributed by atoms with Gasteiger partial charge in [0.15, 0.2) is 0 Å².